The van der Waals surface area contributed by atoms with E-state index in [1.807, 2.05) is 0 Å². The maximum absolute atomic E-state index is 13.9. The number of aryl methyl sites for hydroxylation is 1. The third-order valence-corrected chi connectivity index (χ3v) is 3.38. The van der Waals surface area contributed by atoms with E-state index in [2.05, 4.69) is 5.32 Å². The van der Waals surface area contributed by atoms with Crippen molar-refractivity contribution in [2.75, 3.05) is 5.32 Å². The van der Waals surface area contributed by atoms with Gasteiger partial charge in [-0.1, -0.05) is 6.07 Å². The average Bonchev–Trinajstić information content (AvgIpc) is 2.39. The zero-order valence-corrected chi connectivity index (χ0v) is 11.6. The maximum atomic E-state index is 13.9. The number of benzene rings is 2. The molecule has 0 aliphatic rings. The summed E-state index contributed by atoms with van der Waals surface area (Å²) in [5.41, 5.74) is 1.50. The lowest BCUT2D eigenvalue weighted by Gasteiger charge is -2.18. The maximum Gasteiger partial charge on any atom is 0.128 e. The van der Waals surface area contributed by atoms with Crippen molar-refractivity contribution in [2.45, 2.75) is 26.8 Å². The molecule has 1 atom stereocenters. The minimum atomic E-state index is -0.474. The van der Waals surface area contributed by atoms with E-state index in [9.17, 15) is 13.2 Å². The molecule has 0 heterocycles. The molecule has 2 aromatic rings. The van der Waals surface area contributed by atoms with Crippen LogP contribution in [-0.2, 0) is 0 Å². The standard InChI is InChI=1S/C16H16F3N/c1-9-7-15(19)12(8-14(9)18)11(3)20-16-6-4-5-13(17)10(16)2/h4-8,11,20H,1-3H3. The Bertz CT molecular complexity index is 638. The van der Waals surface area contributed by atoms with E-state index in [1.165, 1.54) is 25.1 Å². The minimum Gasteiger partial charge on any atom is -0.378 e. The van der Waals surface area contributed by atoms with Crippen LogP contribution in [0.1, 0.15) is 29.7 Å². The van der Waals surface area contributed by atoms with Crippen molar-refractivity contribution in [3.63, 3.8) is 0 Å². The van der Waals surface area contributed by atoms with Crippen molar-refractivity contribution in [1.29, 1.82) is 0 Å². The second-order valence-corrected chi connectivity index (χ2v) is 4.90. The molecule has 2 rings (SSSR count). The van der Waals surface area contributed by atoms with Gasteiger partial charge in [0.2, 0.25) is 0 Å². The van der Waals surface area contributed by atoms with Crippen molar-refractivity contribution in [3.05, 3.63) is 64.5 Å². The fraction of sp³-hybridized carbons (Fsp3) is 0.250. The number of halogens is 3. The summed E-state index contributed by atoms with van der Waals surface area (Å²) >= 11 is 0. The minimum absolute atomic E-state index is 0.219. The molecule has 0 radical (unpaired) electrons. The lowest BCUT2D eigenvalue weighted by atomic mass is 10.0. The lowest BCUT2D eigenvalue weighted by molar-refractivity contribution is 0.571. The quantitative estimate of drug-likeness (QED) is 0.843. The van der Waals surface area contributed by atoms with Crippen LogP contribution < -0.4 is 5.32 Å². The molecule has 0 bridgehead atoms. The van der Waals surface area contributed by atoms with Gasteiger partial charge >= 0.3 is 0 Å². The van der Waals surface area contributed by atoms with Crippen LogP contribution in [0.25, 0.3) is 0 Å². The summed E-state index contributed by atoms with van der Waals surface area (Å²) < 4.78 is 40.9. The van der Waals surface area contributed by atoms with E-state index in [1.54, 1.807) is 26.0 Å². The topological polar surface area (TPSA) is 12.0 Å². The molecule has 4 heteroatoms. The van der Waals surface area contributed by atoms with Crippen LogP contribution in [0.15, 0.2) is 30.3 Å². The van der Waals surface area contributed by atoms with Gasteiger partial charge in [0, 0.05) is 16.8 Å². The summed E-state index contributed by atoms with van der Waals surface area (Å²) in [5.74, 6) is -1.26. The Hall–Kier alpha value is -1.97. The number of anilines is 1. The molecule has 20 heavy (non-hydrogen) atoms. The zero-order valence-electron chi connectivity index (χ0n) is 11.6. The first-order chi connectivity index (χ1) is 9.40. The average molecular weight is 279 g/mol. The second-order valence-electron chi connectivity index (χ2n) is 4.90. The van der Waals surface area contributed by atoms with Crippen LogP contribution in [0.3, 0.4) is 0 Å². The van der Waals surface area contributed by atoms with E-state index in [-0.39, 0.29) is 16.9 Å². The Labute approximate surface area is 116 Å². The molecule has 0 aliphatic carbocycles. The smallest absolute Gasteiger partial charge is 0.128 e. The van der Waals surface area contributed by atoms with Gasteiger partial charge in [-0.25, -0.2) is 13.2 Å². The molecular weight excluding hydrogens is 263 g/mol. The molecule has 1 N–H and O–H groups in total. The Morgan fingerprint density at radius 2 is 1.65 bits per heavy atom. The normalized spacial score (nSPS) is 12.3. The summed E-state index contributed by atoms with van der Waals surface area (Å²) in [6.45, 7) is 4.85. The summed E-state index contributed by atoms with van der Waals surface area (Å²) in [5, 5.41) is 3.01. The van der Waals surface area contributed by atoms with Crippen LogP contribution in [0.2, 0.25) is 0 Å². The van der Waals surface area contributed by atoms with Gasteiger partial charge in [0.05, 0.1) is 6.04 Å². The van der Waals surface area contributed by atoms with Gasteiger partial charge in [-0.3, -0.25) is 0 Å². The third-order valence-electron chi connectivity index (χ3n) is 3.38. The highest BCUT2D eigenvalue weighted by Crippen LogP contribution is 2.26. The SMILES string of the molecule is Cc1cc(F)c(C(C)Nc2cccc(F)c2C)cc1F. The van der Waals surface area contributed by atoms with Gasteiger partial charge in [0.1, 0.15) is 17.5 Å². The van der Waals surface area contributed by atoms with Crippen LogP contribution >= 0.6 is 0 Å². The third kappa shape index (κ3) is 2.79. The van der Waals surface area contributed by atoms with E-state index >= 15 is 0 Å². The van der Waals surface area contributed by atoms with Gasteiger partial charge in [-0.15, -0.1) is 0 Å². The fourth-order valence-electron chi connectivity index (χ4n) is 2.07. The molecule has 0 aromatic heterocycles. The van der Waals surface area contributed by atoms with Crippen LogP contribution in [0, 0.1) is 31.3 Å². The monoisotopic (exact) mass is 279 g/mol. The van der Waals surface area contributed by atoms with Gasteiger partial charge in [-0.2, -0.15) is 0 Å². The fourth-order valence-corrected chi connectivity index (χ4v) is 2.07. The summed E-state index contributed by atoms with van der Waals surface area (Å²) in [7, 11) is 0. The predicted octanol–water partition coefficient (Wildman–Crippen LogP) is 4.89. The molecule has 2 aromatic carbocycles. The highest BCUT2D eigenvalue weighted by molar-refractivity contribution is 5.52. The Kier molecular flexibility index (Phi) is 4.02. The summed E-state index contributed by atoms with van der Waals surface area (Å²) in [6, 6.07) is 6.52. The molecular formula is C16H16F3N. The van der Waals surface area contributed by atoms with Gasteiger partial charge in [0.25, 0.3) is 0 Å². The molecule has 106 valence electrons. The van der Waals surface area contributed by atoms with Crippen molar-refractivity contribution in [3.8, 4) is 0 Å². The molecule has 0 amide bonds. The number of rotatable bonds is 3. The first-order valence-electron chi connectivity index (χ1n) is 6.37. The van der Waals surface area contributed by atoms with Crippen molar-refractivity contribution in [2.24, 2.45) is 0 Å². The molecule has 0 saturated heterocycles. The number of nitrogens with one attached hydrogen (secondary N) is 1. The molecule has 0 fully saturated rings. The molecule has 0 saturated carbocycles. The Balaban J connectivity index is 2.31. The first kappa shape index (κ1) is 14.4. The van der Waals surface area contributed by atoms with E-state index in [0.29, 0.717) is 11.3 Å². The molecule has 0 spiro atoms. The largest absolute Gasteiger partial charge is 0.378 e. The molecule has 0 aliphatic heterocycles. The molecule has 1 nitrogen and oxygen atoms in total. The van der Waals surface area contributed by atoms with Crippen molar-refractivity contribution in [1.82, 2.24) is 0 Å². The predicted molar refractivity (Wildman–Crippen MR) is 74.3 cm³/mol. The van der Waals surface area contributed by atoms with Gasteiger partial charge < -0.3 is 5.32 Å². The van der Waals surface area contributed by atoms with Crippen LogP contribution in [0.4, 0.5) is 18.9 Å². The highest BCUT2D eigenvalue weighted by atomic mass is 19.1. The van der Waals surface area contributed by atoms with Crippen LogP contribution in [-0.4, -0.2) is 0 Å². The Morgan fingerprint density at radius 1 is 0.950 bits per heavy atom. The highest BCUT2D eigenvalue weighted by Gasteiger charge is 2.15. The lowest BCUT2D eigenvalue weighted by Crippen LogP contribution is -2.11. The van der Waals surface area contributed by atoms with E-state index in [0.717, 1.165) is 0 Å². The summed E-state index contributed by atoms with van der Waals surface area (Å²) in [6.07, 6.45) is 0. The number of hydrogen-bond donors (Lipinski definition) is 1. The van der Waals surface area contributed by atoms with Gasteiger partial charge in [-0.05, 0) is 50.6 Å². The number of hydrogen-bond acceptors (Lipinski definition) is 1. The van der Waals surface area contributed by atoms with Crippen LogP contribution in [0.5, 0.6) is 0 Å². The molecule has 1 unspecified atom stereocenters. The first-order valence-corrected chi connectivity index (χ1v) is 6.37. The van der Waals surface area contributed by atoms with Crippen molar-refractivity contribution >= 4 is 5.69 Å². The van der Waals surface area contributed by atoms with E-state index < -0.39 is 17.7 Å². The second kappa shape index (κ2) is 5.57. The van der Waals surface area contributed by atoms with E-state index in [4.69, 9.17) is 0 Å². The van der Waals surface area contributed by atoms with Crippen molar-refractivity contribution < 1.29 is 13.2 Å². The zero-order chi connectivity index (χ0) is 14.9. The van der Waals surface area contributed by atoms with Gasteiger partial charge in [0.15, 0.2) is 0 Å². The summed E-state index contributed by atoms with van der Waals surface area (Å²) in [4.78, 5) is 0. The Morgan fingerprint density at radius 3 is 2.35 bits per heavy atom.